The van der Waals surface area contributed by atoms with Crippen molar-refractivity contribution < 1.29 is 14.3 Å². The van der Waals surface area contributed by atoms with Crippen molar-refractivity contribution in [2.24, 2.45) is 0 Å². The van der Waals surface area contributed by atoms with Crippen LogP contribution in [-0.2, 0) is 20.7 Å². The number of carbonyl (C=O) groups excluding carboxylic acids is 2. The quantitative estimate of drug-likeness (QED) is 0.758. The second-order valence-corrected chi connectivity index (χ2v) is 4.60. The maximum atomic E-state index is 11.7. The van der Waals surface area contributed by atoms with E-state index >= 15 is 0 Å². The Morgan fingerprint density at radius 1 is 1.10 bits per heavy atom. The molecule has 0 N–H and O–H groups in total. The Hall–Kier alpha value is -2.23. The highest BCUT2D eigenvalue weighted by atomic mass is 16.5. The summed E-state index contributed by atoms with van der Waals surface area (Å²) in [5.74, 6) is -0.260. The van der Waals surface area contributed by atoms with Crippen molar-refractivity contribution in [1.29, 1.82) is 0 Å². The van der Waals surface area contributed by atoms with E-state index in [1.807, 2.05) is 30.3 Å². The molecule has 0 spiro atoms. The fourth-order valence-electron chi connectivity index (χ4n) is 2.12. The summed E-state index contributed by atoms with van der Waals surface area (Å²) in [6.45, 7) is 0. The number of carbonyl (C=O) groups is 2. The zero-order valence-corrected chi connectivity index (χ0v) is 11.5. The first-order chi connectivity index (χ1) is 9.70. The van der Waals surface area contributed by atoms with E-state index in [-0.39, 0.29) is 24.6 Å². The number of ether oxygens (including phenoxy) is 1. The number of methoxy groups -OCH3 is 1. The summed E-state index contributed by atoms with van der Waals surface area (Å²) >= 11 is 0. The summed E-state index contributed by atoms with van der Waals surface area (Å²) in [6.07, 6.45) is 3.27. The van der Waals surface area contributed by atoms with Gasteiger partial charge in [-0.2, -0.15) is 0 Å². The molecule has 0 amide bonds. The minimum absolute atomic E-state index is 0.0799. The number of esters is 1. The van der Waals surface area contributed by atoms with Gasteiger partial charge < -0.3 is 4.74 Å². The molecule has 1 aromatic carbocycles. The highest BCUT2D eigenvalue weighted by molar-refractivity contribution is 5.85. The van der Waals surface area contributed by atoms with E-state index in [0.717, 1.165) is 16.5 Å². The fraction of sp³-hybridized carbons (Fsp3) is 0.312. The van der Waals surface area contributed by atoms with Crippen LogP contribution in [0.2, 0.25) is 0 Å². The molecule has 2 aromatic rings. The van der Waals surface area contributed by atoms with Gasteiger partial charge in [-0.1, -0.05) is 18.2 Å². The summed E-state index contributed by atoms with van der Waals surface area (Å²) in [5.41, 5.74) is 2.05. The molecule has 0 saturated carbocycles. The number of fused-ring (bicyclic) bond motifs is 1. The summed E-state index contributed by atoms with van der Waals surface area (Å²) in [7, 11) is 1.33. The van der Waals surface area contributed by atoms with Crippen LogP contribution >= 0.6 is 0 Å². The average molecular weight is 271 g/mol. The van der Waals surface area contributed by atoms with Crippen molar-refractivity contribution in [3.63, 3.8) is 0 Å². The predicted octanol–water partition coefficient (Wildman–Crippen LogP) is 2.69. The van der Waals surface area contributed by atoms with Gasteiger partial charge in [-0.25, -0.2) is 0 Å². The Balaban J connectivity index is 1.96. The van der Waals surface area contributed by atoms with Crippen molar-refractivity contribution in [2.45, 2.75) is 25.7 Å². The first kappa shape index (κ1) is 14.2. The molecule has 20 heavy (non-hydrogen) atoms. The highest BCUT2D eigenvalue weighted by Gasteiger charge is 2.08. The molecular weight excluding hydrogens is 254 g/mol. The lowest BCUT2D eigenvalue weighted by molar-refractivity contribution is -0.141. The molecule has 0 unspecified atom stereocenters. The fourth-order valence-corrected chi connectivity index (χ4v) is 2.12. The third-order valence-corrected chi connectivity index (χ3v) is 3.25. The van der Waals surface area contributed by atoms with Gasteiger partial charge in [0.1, 0.15) is 5.78 Å². The molecule has 0 fully saturated rings. The van der Waals surface area contributed by atoms with E-state index in [0.29, 0.717) is 12.8 Å². The lowest BCUT2D eigenvalue weighted by Gasteiger charge is -2.05. The number of hydrogen-bond acceptors (Lipinski definition) is 4. The number of pyridine rings is 1. The van der Waals surface area contributed by atoms with Crippen LogP contribution in [0.4, 0.5) is 0 Å². The van der Waals surface area contributed by atoms with Gasteiger partial charge >= 0.3 is 5.97 Å². The average Bonchev–Trinajstić information content (AvgIpc) is 2.50. The van der Waals surface area contributed by atoms with Gasteiger partial charge in [-0.3, -0.25) is 14.6 Å². The monoisotopic (exact) mass is 271 g/mol. The van der Waals surface area contributed by atoms with Crippen LogP contribution in [-0.4, -0.2) is 23.8 Å². The van der Waals surface area contributed by atoms with E-state index in [9.17, 15) is 9.59 Å². The zero-order valence-electron chi connectivity index (χ0n) is 11.5. The van der Waals surface area contributed by atoms with Gasteiger partial charge in [0.15, 0.2) is 0 Å². The number of Topliss-reactive ketones (excluding diaryl/α,β-unsaturated/α-hetero) is 1. The van der Waals surface area contributed by atoms with Gasteiger partial charge in [0.2, 0.25) is 0 Å². The van der Waals surface area contributed by atoms with Crippen molar-refractivity contribution in [2.75, 3.05) is 7.11 Å². The number of rotatable bonds is 6. The molecule has 0 saturated heterocycles. The number of hydrogen-bond donors (Lipinski definition) is 0. The lowest BCUT2D eigenvalue weighted by atomic mass is 10.0. The minimum Gasteiger partial charge on any atom is -0.469 e. The number of aromatic nitrogens is 1. The molecule has 0 aliphatic heterocycles. The maximum absolute atomic E-state index is 11.7. The first-order valence-electron chi connectivity index (χ1n) is 6.62. The number of benzene rings is 1. The largest absolute Gasteiger partial charge is 0.469 e. The molecule has 1 heterocycles. The van der Waals surface area contributed by atoms with Crippen LogP contribution in [0.5, 0.6) is 0 Å². The van der Waals surface area contributed by atoms with Gasteiger partial charge in [0, 0.05) is 24.4 Å². The second kappa shape index (κ2) is 6.80. The van der Waals surface area contributed by atoms with Crippen LogP contribution in [0.25, 0.3) is 10.9 Å². The van der Waals surface area contributed by atoms with E-state index in [4.69, 9.17) is 0 Å². The van der Waals surface area contributed by atoms with Crippen molar-refractivity contribution >= 4 is 22.7 Å². The third-order valence-electron chi connectivity index (χ3n) is 3.25. The molecule has 4 nitrogen and oxygen atoms in total. The van der Waals surface area contributed by atoms with Gasteiger partial charge in [0.05, 0.1) is 19.0 Å². The molecule has 0 atom stereocenters. The van der Waals surface area contributed by atoms with E-state index in [1.54, 1.807) is 6.20 Å². The molecule has 4 heteroatoms. The summed E-state index contributed by atoms with van der Waals surface area (Å²) in [4.78, 5) is 27.0. The predicted molar refractivity (Wildman–Crippen MR) is 76.3 cm³/mol. The molecule has 0 aliphatic rings. The van der Waals surface area contributed by atoms with Crippen molar-refractivity contribution in [1.82, 2.24) is 4.98 Å². The topological polar surface area (TPSA) is 56.3 Å². The molecule has 1 aromatic heterocycles. The zero-order chi connectivity index (χ0) is 14.4. The maximum Gasteiger partial charge on any atom is 0.305 e. The van der Waals surface area contributed by atoms with E-state index in [2.05, 4.69) is 9.72 Å². The van der Waals surface area contributed by atoms with Gasteiger partial charge in [-0.15, -0.1) is 0 Å². The van der Waals surface area contributed by atoms with Crippen LogP contribution < -0.4 is 0 Å². The number of nitrogens with zero attached hydrogens (tertiary/aromatic N) is 1. The second-order valence-electron chi connectivity index (χ2n) is 4.60. The summed E-state index contributed by atoms with van der Waals surface area (Å²) in [6, 6.07) is 9.82. The summed E-state index contributed by atoms with van der Waals surface area (Å²) < 4.78 is 4.52. The molecule has 2 rings (SSSR count). The molecule has 0 aliphatic carbocycles. The number of para-hydroxylation sites is 1. The smallest absolute Gasteiger partial charge is 0.305 e. The molecule has 0 radical (unpaired) electrons. The molecule has 104 valence electrons. The first-order valence-corrected chi connectivity index (χ1v) is 6.62. The van der Waals surface area contributed by atoms with Crippen molar-refractivity contribution in [3.8, 4) is 0 Å². The Kier molecular flexibility index (Phi) is 4.82. The van der Waals surface area contributed by atoms with Gasteiger partial charge in [-0.05, 0) is 24.1 Å². The normalized spacial score (nSPS) is 10.4. The highest BCUT2D eigenvalue weighted by Crippen LogP contribution is 2.18. The van der Waals surface area contributed by atoms with Crippen LogP contribution in [0.3, 0.4) is 0 Å². The lowest BCUT2D eigenvalue weighted by Crippen LogP contribution is -2.06. The number of ketones is 1. The SMILES string of the molecule is COC(=O)CCC(=O)CCc1ccnc2ccccc12. The Bertz CT molecular complexity index is 617. The van der Waals surface area contributed by atoms with Crippen LogP contribution in [0.1, 0.15) is 24.8 Å². The molecular formula is C16H17NO3. The summed E-state index contributed by atoms with van der Waals surface area (Å²) in [5, 5.41) is 1.08. The molecule has 0 bridgehead atoms. The van der Waals surface area contributed by atoms with Crippen LogP contribution in [0, 0.1) is 0 Å². The third kappa shape index (κ3) is 3.63. The Morgan fingerprint density at radius 3 is 2.70 bits per heavy atom. The number of aryl methyl sites for hydroxylation is 1. The van der Waals surface area contributed by atoms with Gasteiger partial charge in [0.25, 0.3) is 0 Å². The van der Waals surface area contributed by atoms with E-state index in [1.165, 1.54) is 7.11 Å². The van der Waals surface area contributed by atoms with Crippen molar-refractivity contribution in [3.05, 3.63) is 42.1 Å². The Labute approximate surface area is 117 Å². The minimum atomic E-state index is -0.340. The Morgan fingerprint density at radius 2 is 1.90 bits per heavy atom. The standard InChI is InChI=1S/C16H17NO3/c1-20-16(19)9-8-13(18)7-6-12-10-11-17-15-5-3-2-4-14(12)15/h2-5,10-11H,6-9H2,1H3. The van der Waals surface area contributed by atoms with E-state index < -0.39 is 0 Å². The van der Waals surface area contributed by atoms with Crippen LogP contribution in [0.15, 0.2) is 36.5 Å².